The summed E-state index contributed by atoms with van der Waals surface area (Å²) in [6, 6.07) is 15.4. The van der Waals surface area contributed by atoms with Crippen molar-refractivity contribution >= 4 is 14.3 Å². The van der Waals surface area contributed by atoms with E-state index < -0.39 is 14.4 Å². The molecule has 1 fully saturated rings. The van der Waals surface area contributed by atoms with E-state index in [-0.39, 0.29) is 35.6 Å². The third kappa shape index (κ3) is 10.8. The zero-order chi connectivity index (χ0) is 31.5. The van der Waals surface area contributed by atoms with Crippen molar-refractivity contribution in [1.82, 2.24) is 0 Å². The van der Waals surface area contributed by atoms with Crippen LogP contribution in [-0.4, -0.2) is 52.4 Å². The molecule has 2 aromatic carbocycles. The third-order valence-corrected chi connectivity index (χ3v) is 13.4. The second kappa shape index (κ2) is 16.4. The Balaban J connectivity index is 1.51. The van der Waals surface area contributed by atoms with Crippen LogP contribution in [0.3, 0.4) is 0 Å². The standard InChI is InChI=1S/C35H52O7Si/c1-35(2,3)43(6,7)42-25-31-30(32(36)22-33(31)40-23-26-14-18-28(38-4)19-15-26)12-10-8-9-11-13-34(37)41-24-27-16-20-29(39-5)21-17-27/h8,10,14-21,30-33,36H,9,11-13,22-25H2,1-7H3/b10-8-/t30-,31-,32+,33-/m1/s1. The van der Waals surface area contributed by atoms with Gasteiger partial charge in [-0.25, -0.2) is 0 Å². The average Bonchev–Trinajstić information content (AvgIpc) is 3.29. The summed E-state index contributed by atoms with van der Waals surface area (Å²) < 4.78 is 28.9. The highest BCUT2D eigenvalue weighted by atomic mass is 28.4. The van der Waals surface area contributed by atoms with Gasteiger partial charge < -0.3 is 28.5 Å². The van der Waals surface area contributed by atoms with Crippen LogP contribution in [0, 0.1) is 11.8 Å². The van der Waals surface area contributed by atoms with Gasteiger partial charge in [0.05, 0.1) is 33.0 Å². The van der Waals surface area contributed by atoms with Crippen molar-refractivity contribution in [1.29, 1.82) is 0 Å². The van der Waals surface area contributed by atoms with Crippen molar-refractivity contribution in [2.45, 2.75) is 96.4 Å². The first-order valence-corrected chi connectivity index (χ1v) is 18.3. The Bertz CT molecular complexity index is 1140. The minimum Gasteiger partial charge on any atom is -0.497 e. The molecule has 0 radical (unpaired) electrons. The number of allylic oxidation sites excluding steroid dienone is 2. The van der Waals surface area contributed by atoms with Crippen molar-refractivity contribution in [2.75, 3.05) is 20.8 Å². The minimum absolute atomic E-state index is 0.0522. The SMILES string of the molecule is COc1ccc(COC(=O)CCC/C=C\C[C@@H]2[C@@H](CO[Si](C)(C)C(C)(C)C)[C@H](OCc3ccc(OC)cc3)C[C@@H]2O)cc1. The predicted octanol–water partition coefficient (Wildman–Crippen LogP) is 7.47. The number of unbranched alkanes of at least 4 members (excludes halogenated alkanes) is 1. The van der Waals surface area contributed by atoms with Crippen LogP contribution >= 0.6 is 0 Å². The van der Waals surface area contributed by atoms with Gasteiger partial charge in [-0.1, -0.05) is 57.2 Å². The zero-order valence-electron chi connectivity index (χ0n) is 27.1. The van der Waals surface area contributed by atoms with Crippen LogP contribution in [0.1, 0.15) is 64.0 Å². The number of ether oxygens (including phenoxy) is 4. The van der Waals surface area contributed by atoms with Gasteiger partial charge in [-0.3, -0.25) is 4.79 Å². The van der Waals surface area contributed by atoms with Crippen molar-refractivity contribution in [3.05, 3.63) is 71.8 Å². The van der Waals surface area contributed by atoms with Gasteiger partial charge in [0.25, 0.3) is 0 Å². The van der Waals surface area contributed by atoms with Gasteiger partial charge in [0.15, 0.2) is 8.32 Å². The zero-order valence-corrected chi connectivity index (χ0v) is 28.1. The van der Waals surface area contributed by atoms with Crippen molar-refractivity contribution in [3.63, 3.8) is 0 Å². The van der Waals surface area contributed by atoms with Gasteiger partial charge >= 0.3 is 5.97 Å². The Morgan fingerprint density at radius 3 is 2.05 bits per heavy atom. The highest BCUT2D eigenvalue weighted by molar-refractivity contribution is 6.74. The number of benzene rings is 2. The third-order valence-electron chi connectivity index (χ3n) is 8.95. The number of carbonyl (C=O) groups excluding carboxylic acids is 1. The van der Waals surface area contributed by atoms with E-state index in [9.17, 15) is 9.90 Å². The van der Waals surface area contributed by atoms with E-state index in [1.165, 1.54) is 0 Å². The van der Waals surface area contributed by atoms with Gasteiger partial charge in [0.2, 0.25) is 0 Å². The number of aliphatic hydroxyl groups excluding tert-OH is 1. The van der Waals surface area contributed by atoms with Crippen LogP contribution in [-0.2, 0) is 31.9 Å². The average molecular weight is 613 g/mol. The molecule has 0 aliphatic heterocycles. The smallest absolute Gasteiger partial charge is 0.306 e. The summed E-state index contributed by atoms with van der Waals surface area (Å²) in [5.41, 5.74) is 2.01. The van der Waals surface area contributed by atoms with Crippen molar-refractivity contribution < 1.29 is 33.3 Å². The quantitative estimate of drug-likeness (QED) is 0.0911. The first-order valence-electron chi connectivity index (χ1n) is 15.4. The van der Waals surface area contributed by atoms with Crippen LogP contribution in [0.25, 0.3) is 0 Å². The summed E-state index contributed by atoms with van der Waals surface area (Å²) in [7, 11) is 1.32. The van der Waals surface area contributed by atoms with Gasteiger partial charge in [0, 0.05) is 25.4 Å². The highest BCUT2D eigenvalue weighted by Crippen LogP contribution is 2.41. The molecule has 0 unspecified atom stereocenters. The van der Waals surface area contributed by atoms with Crippen LogP contribution in [0.2, 0.25) is 18.1 Å². The van der Waals surface area contributed by atoms with Gasteiger partial charge in [-0.2, -0.15) is 0 Å². The molecule has 1 N–H and O–H groups in total. The minimum atomic E-state index is -1.96. The Labute approximate surface area is 259 Å². The number of esters is 1. The summed E-state index contributed by atoms with van der Waals surface area (Å²) in [5, 5.41) is 11.2. The molecule has 3 rings (SSSR count). The number of hydrogen-bond acceptors (Lipinski definition) is 7. The molecule has 2 aromatic rings. The Kier molecular flexibility index (Phi) is 13.3. The molecule has 0 amide bonds. The van der Waals surface area contributed by atoms with E-state index in [0.717, 1.165) is 41.9 Å². The van der Waals surface area contributed by atoms with Crippen LogP contribution in [0.4, 0.5) is 0 Å². The lowest BCUT2D eigenvalue weighted by Gasteiger charge is -2.38. The van der Waals surface area contributed by atoms with E-state index >= 15 is 0 Å². The van der Waals surface area contributed by atoms with Crippen molar-refractivity contribution in [2.24, 2.45) is 11.8 Å². The summed E-state index contributed by atoms with van der Waals surface area (Å²) in [4.78, 5) is 12.2. The largest absolute Gasteiger partial charge is 0.497 e. The lowest BCUT2D eigenvalue weighted by molar-refractivity contribution is -0.145. The van der Waals surface area contributed by atoms with Crippen LogP contribution in [0.15, 0.2) is 60.7 Å². The molecule has 1 aliphatic rings. The fraction of sp³-hybridized carbons (Fsp3) is 0.571. The normalized spacial score (nSPS) is 20.8. The predicted molar refractivity (Wildman–Crippen MR) is 173 cm³/mol. The molecule has 0 spiro atoms. The van der Waals surface area contributed by atoms with E-state index in [4.69, 9.17) is 23.4 Å². The summed E-state index contributed by atoms with van der Waals surface area (Å²) in [5.74, 6) is 1.54. The van der Waals surface area contributed by atoms with Gasteiger partial charge in [0.1, 0.15) is 18.1 Å². The van der Waals surface area contributed by atoms with Crippen LogP contribution in [0.5, 0.6) is 11.5 Å². The molecule has 43 heavy (non-hydrogen) atoms. The Morgan fingerprint density at radius 1 is 0.907 bits per heavy atom. The highest BCUT2D eigenvalue weighted by Gasteiger charge is 2.45. The summed E-state index contributed by atoms with van der Waals surface area (Å²) >= 11 is 0. The number of carbonyl (C=O) groups is 1. The lowest BCUT2D eigenvalue weighted by Crippen LogP contribution is -2.43. The molecule has 238 valence electrons. The summed E-state index contributed by atoms with van der Waals surface area (Å²) in [6.07, 6.45) is 6.93. The van der Waals surface area contributed by atoms with E-state index in [0.29, 0.717) is 26.1 Å². The molecule has 1 saturated carbocycles. The molecular formula is C35H52O7Si. The van der Waals surface area contributed by atoms with E-state index in [1.54, 1.807) is 14.2 Å². The molecule has 0 heterocycles. The number of methoxy groups -OCH3 is 2. The van der Waals surface area contributed by atoms with Crippen molar-refractivity contribution in [3.8, 4) is 11.5 Å². The maximum Gasteiger partial charge on any atom is 0.306 e. The maximum absolute atomic E-state index is 12.2. The molecule has 0 saturated heterocycles. The second-order valence-electron chi connectivity index (χ2n) is 13.0. The summed E-state index contributed by atoms with van der Waals surface area (Å²) in [6.45, 7) is 12.6. The molecule has 0 aromatic heterocycles. The lowest BCUT2D eigenvalue weighted by atomic mass is 9.91. The molecule has 4 atom stereocenters. The molecule has 7 nitrogen and oxygen atoms in total. The van der Waals surface area contributed by atoms with E-state index in [1.807, 2.05) is 48.5 Å². The first kappa shape index (κ1) is 34.8. The Morgan fingerprint density at radius 2 is 1.49 bits per heavy atom. The fourth-order valence-corrected chi connectivity index (χ4v) is 6.08. The van der Waals surface area contributed by atoms with Gasteiger partial charge in [-0.15, -0.1) is 0 Å². The Hall–Kier alpha value is -2.65. The monoisotopic (exact) mass is 612 g/mol. The first-order chi connectivity index (χ1) is 20.4. The molecule has 8 heteroatoms. The maximum atomic E-state index is 12.2. The topological polar surface area (TPSA) is 83.5 Å². The number of rotatable bonds is 16. The van der Waals surface area contributed by atoms with Gasteiger partial charge in [-0.05, 0) is 78.7 Å². The number of hydrogen-bond donors (Lipinski definition) is 1. The molecule has 0 bridgehead atoms. The molecule has 1 aliphatic carbocycles. The van der Waals surface area contributed by atoms with Crippen LogP contribution < -0.4 is 9.47 Å². The fourth-order valence-electron chi connectivity index (χ4n) is 5.04. The van der Waals surface area contributed by atoms with E-state index in [2.05, 4.69) is 46.0 Å². The molecular weight excluding hydrogens is 560 g/mol. The number of aliphatic hydroxyl groups is 1. The second-order valence-corrected chi connectivity index (χ2v) is 17.8.